The van der Waals surface area contributed by atoms with Crippen LogP contribution in [0.2, 0.25) is 0 Å². The molecule has 0 amide bonds. The summed E-state index contributed by atoms with van der Waals surface area (Å²) in [6.07, 6.45) is 6.49. The van der Waals surface area contributed by atoms with Crippen molar-refractivity contribution in [2.75, 3.05) is 40.3 Å². The molecule has 0 spiro atoms. The number of benzene rings is 1. The average Bonchev–Trinajstić information content (AvgIpc) is 3.40. The van der Waals surface area contributed by atoms with Gasteiger partial charge in [-0.25, -0.2) is 9.97 Å². The molecule has 1 aliphatic heterocycles. The van der Waals surface area contributed by atoms with Crippen molar-refractivity contribution in [3.05, 3.63) is 60.9 Å². The molecule has 160 valence electrons. The van der Waals surface area contributed by atoms with E-state index in [0.29, 0.717) is 0 Å². The van der Waals surface area contributed by atoms with Crippen molar-refractivity contribution in [1.82, 2.24) is 24.2 Å². The molecule has 1 aromatic carbocycles. The fourth-order valence-corrected chi connectivity index (χ4v) is 4.20. The van der Waals surface area contributed by atoms with Crippen LogP contribution in [0.3, 0.4) is 0 Å². The smallest absolute Gasteiger partial charge is 0.181 e. The summed E-state index contributed by atoms with van der Waals surface area (Å²) in [5.41, 5.74) is 5.20. The summed E-state index contributed by atoms with van der Waals surface area (Å²) in [5, 5.41) is 0. The van der Waals surface area contributed by atoms with E-state index in [-0.39, 0.29) is 0 Å². The highest BCUT2D eigenvalue weighted by Gasteiger charge is 2.20. The summed E-state index contributed by atoms with van der Waals surface area (Å²) in [6, 6.07) is 12.2. The minimum absolute atomic E-state index is 0.754. The predicted octanol–water partition coefficient (Wildman–Crippen LogP) is 3.80. The van der Waals surface area contributed by atoms with Crippen LogP contribution in [-0.2, 0) is 6.54 Å². The molecule has 0 atom stereocenters. The molecule has 4 heterocycles. The van der Waals surface area contributed by atoms with Crippen molar-refractivity contribution >= 4 is 5.65 Å². The van der Waals surface area contributed by atoms with Crippen molar-refractivity contribution in [3.8, 4) is 28.3 Å². The number of methoxy groups -OCH3 is 1. The summed E-state index contributed by atoms with van der Waals surface area (Å²) in [7, 11) is 3.89. The Kier molecular flexibility index (Phi) is 5.44. The third kappa shape index (κ3) is 4.06. The van der Waals surface area contributed by atoms with Gasteiger partial charge in [-0.3, -0.25) is 4.90 Å². The second-order valence-electron chi connectivity index (χ2n) is 8.08. The summed E-state index contributed by atoms with van der Waals surface area (Å²) < 4.78 is 13.1. The lowest BCUT2D eigenvalue weighted by atomic mass is 10.1. The summed E-state index contributed by atoms with van der Waals surface area (Å²) in [6.45, 7) is 5.20. The van der Waals surface area contributed by atoms with Crippen LogP contribution in [0, 0.1) is 0 Å². The fraction of sp³-hybridized carbons (Fsp3) is 0.333. The molecular formula is C24H27N5O2. The topological polar surface area (TPSA) is 59.0 Å². The maximum Gasteiger partial charge on any atom is 0.181 e. The van der Waals surface area contributed by atoms with Crippen LogP contribution < -0.4 is 4.74 Å². The number of nitrogens with zero attached hydrogens (tertiary/aromatic N) is 5. The van der Waals surface area contributed by atoms with Crippen LogP contribution in [0.5, 0.6) is 5.75 Å². The highest BCUT2D eigenvalue weighted by Crippen LogP contribution is 2.29. The molecule has 1 saturated heterocycles. The standard InChI is InChI=1S/C24H27N5O2/c1-27-10-3-11-28(13-12-27)16-21-24(18-4-7-20(30-2)8-5-18)26-23-9-6-19(15-29(21)23)22-14-25-17-31-22/h4-9,14-15,17H,3,10-13,16H2,1-2H3. The third-order valence-corrected chi connectivity index (χ3v) is 5.98. The first-order chi connectivity index (χ1) is 15.2. The molecule has 0 aliphatic carbocycles. The van der Waals surface area contributed by atoms with Crippen LogP contribution in [-0.4, -0.2) is 64.5 Å². The van der Waals surface area contributed by atoms with Crippen molar-refractivity contribution in [2.24, 2.45) is 0 Å². The number of rotatable bonds is 5. The Morgan fingerprint density at radius 1 is 1.00 bits per heavy atom. The molecule has 0 unspecified atom stereocenters. The van der Waals surface area contributed by atoms with E-state index >= 15 is 0 Å². The molecule has 31 heavy (non-hydrogen) atoms. The van der Waals surface area contributed by atoms with E-state index < -0.39 is 0 Å². The number of pyridine rings is 1. The van der Waals surface area contributed by atoms with Gasteiger partial charge in [0.2, 0.25) is 0 Å². The molecular weight excluding hydrogens is 390 g/mol. The number of ether oxygens (including phenoxy) is 1. The van der Waals surface area contributed by atoms with E-state index in [0.717, 1.165) is 66.7 Å². The zero-order valence-electron chi connectivity index (χ0n) is 18.0. The van der Waals surface area contributed by atoms with E-state index in [2.05, 4.69) is 44.6 Å². The van der Waals surface area contributed by atoms with Crippen LogP contribution in [0.4, 0.5) is 0 Å². The third-order valence-electron chi connectivity index (χ3n) is 5.98. The van der Waals surface area contributed by atoms with E-state index in [1.807, 2.05) is 24.3 Å². The van der Waals surface area contributed by atoms with Crippen LogP contribution in [0.15, 0.2) is 59.6 Å². The first-order valence-electron chi connectivity index (χ1n) is 10.7. The quantitative estimate of drug-likeness (QED) is 0.492. The molecule has 0 saturated carbocycles. The minimum Gasteiger partial charge on any atom is -0.497 e. The molecule has 1 aliphatic rings. The maximum absolute atomic E-state index is 5.53. The molecule has 5 rings (SSSR count). The number of likely N-dealkylation sites (N-methyl/N-ethyl adjacent to an activating group) is 1. The van der Waals surface area contributed by atoms with Crippen molar-refractivity contribution < 1.29 is 9.15 Å². The Balaban J connectivity index is 1.59. The summed E-state index contributed by atoms with van der Waals surface area (Å²) in [5.74, 6) is 1.60. The molecule has 4 aromatic rings. The van der Waals surface area contributed by atoms with E-state index in [4.69, 9.17) is 14.1 Å². The van der Waals surface area contributed by atoms with Gasteiger partial charge >= 0.3 is 0 Å². The first-order valence-corrected chi connectivity index (χ1v) is 10.7. The van der Waals surface area contributed by atoms with Crippen molar-refractivity contribution in [2.45, 2.75) is 13.0 Å². The van der Waals surface area contributed by atoms with Gasteiger partial charge in [0.05, 0.1) is 24.7 Å². The Morgan fingerprint density at radius 2 is 1.84 bits per heavy atom. The molecule has 0 bridgehead atoms. The van der Waals surface area contributed by atoms with Gasteiger partial charge < -0.3 is 18.5 Å². The van der Waals surface area contributed by atoms with Gasteiger partial charge in [0.25, 0.3) is 0 Å². The SMILES string of the molecule is COc1ccc(-c2nc3ccc(-c4cnco4)cn3c2CN2CCCN(C)CC2)cc1. The Bertz CT molecular complexity index is 1150. The van der Waals surface area contributed by atoms with Crippen LogP contribution >= 0.6 is 0 Å². The van der Waals surface area contributed by atoms with E-state index in [1.54, 1.807) is 13.3 Å². The maximum atomic E-state index is 5.53. The molecule has 0 radical (unpaired) electrons. The van der Waals surface area contributed by atoms with E-state index in [9.17, 15) is 0 Å². The van der Waals surface area contributed by atoms with Gasteiger partial charge in [-0.2, -0.15) is 0 Å². The largest absolute Gasteiger partial charge is 0.497 e. The normalized spacial score (nSPS) is 15.9. The molecule has 3 aromatic heterocycles. The number of aromatic nitrogens is 3. The molecule has 7 heteroatoms. The van der Waals surface area contributed by atoms with Gasteiger partial charge in [0.15, 0.2) is 12.2 Å². The number of oxazole rings is 1. The molecule has 0 N–H and O–H groups in total. The average molecular weight is 418 g/mol. The number of hydrogen-bond acceptors (Lipinski definition) is 6. The highest BCUT2D eigenvalue weighted by molar-refractivity contribution is 5.69. The molecule has 7 nitrogen and oxygen atoms in total. The molecule has 1 fully saturated rings. The van der Waals surface area contributed by atoms with Crippen LogP contribution in [0.25, 0.3) is 28.2 Å². The zero-order valence-corrected chi connectivity index (χ0v) is 18.0. The Labute approximate surface area is 181 Å². The Morgan fingerprint density at radius 3 is 2.61 bits per heavy atom. The number of fused-ring (bicyclic) bond motifs is 1. The fourth-order valence-electron chi connectivity index (χ4n) is 4.20. The van der Waals surface area contributed by atoms with Crippen LogP contribution in [0.1, 0.15) is 12.1 Å². The van der Waals surface area contributed by atoms with Gasteiger partial charge in [-0.1, -0.05) is 0 Å². The van der Waals surface area contributed by atoms with Gasteiger partial charge in [0.1, 0.15) is 11.4 Å². The highest BCUT2D eigenvalue weighted by atomic mass is 16.5. The lowest BCUT2D eigenvalue weighted by molar-refractivity contribution is 0.266. The second kappa shape index (κ2) is 8.53. The van der Waals surface area contributed by atoms with Gasteiger partial charge in [0, 0.05) is 37.0 Å². The second-order valence-corrected chi connectivity index (χ2v) is 8.08. The predicted molar refractivity (Wildman–Crippen MR) is 120 cm³/mol. The number of hydrogen-bond donors (Lipinski definition) is 0. The monoisotopic (exact) mass is 417 g/mol. The van der Waals surface area contributed by atoms with Crippen molar-refractivity contribution in [3.63, 3.8) is 0 Å². The van der Waals surface area contributed by atoms with Crippen molar-refractivity contribution in [1.29, 1.82) is 0 Å². The first kappa shape index (κ1) is 19.8. The minimum atomic E-state index is 0.754. The van der Waals surface area contributed by atoms with E-state index in [1.165, 1.54) is 18.5 Å². The summed E-state index contributed by atoms with van der Waals surface area (Å²) >= 11 is 0. The zero-order chi connectivity index (χ0) is 21.2. The van der Waals surface area contributed by atoms with Gasteiger partial charge in [-0.05, 0) is 63.0 Å². The van der Waals surface area contributed by atoms with Gasteiger partial charge in [-0.15, -0.1) is 0 Å². The number of imidazole rings is 1. The lowest BCUT2D eigenvalue weighted by Crippen LogP contribution is -2.29. The Hall–Kier alpha value is -3.16. The lowest BCUT2D eigenvalue weighted by Gasteiger charge is -2.20. The summed E-state index contributed by atoms with van der Waals surface area (Å²) in [4.78, 5) is 14.0.